The van der Waals surface area contributed by atoms with E-state index in [2.05, 4.69) is 15.0 Å². The van der Waals surface area contributed by atoms with Crippen molar-refractivity contribution in [2.24, 2.45) is 0 Å². The van der Waals surface area contributed by atoms with E-state index in [-0.39, 0.29) is 23.1 Å². The highest BCUT2D eigenvalue weighted by molar-refractivity contribution is 5.87. The van der Waals surface area contributed by atoms with Gasteiger partial charge in [0.25, 0.3) is 5.56 Å². The first kappa shape index (κ1) is 27.3. The van der Waals surface area contributed by atoms with Crippen LogP contribution in [-0.2, 0) is 11.3 Å². The zero-order chi connectivity index (χ0) is 28.5. The van der Waals surface area contributed by atoms with Gasteiger partial charge in [-0.15, -0.1) is 0 Å². The minimum atomic E-state index is -0.950. The summed E-state index contributed by atoms with van der Waals surface area (Å²) in [6.07, 6.45) is 8.95. The number of hydrogen-bond acceptors (Lipinski definition) is 7. The van der Waals surface area contributed by atoms with Crippen LogP contribution in [0.3, 0.4) is 0 Å². The number of ether oxygens (including phenoxy) is 3. The SMILES string of the molecule is COc1cc(OC)c(F)c(-c2cc3cnc(-c4cnn(CCN5CCOCC5)c4)cc3n(C3CCCC3)c2=O)c1F. The quantitative estimate of drug-likeness (QED) is 0.307. The van der Waals surface area contributed by atoms with Gasteiger partial charge in [0.15, 0.2) is 23.1 Å². The van der Waals surface area contributed by atoms with Gasteiger partial charge in [0, 0.05) is 55.1 Å². The summed E-state index contributed by atoms with van der Waals surface area (Å²) >= 11 is 0. The Hall–Kier alpha value is -3.83. The number of rotatable bonds is 8. The monoisotopic (exact) mass is 565 g/mol. The summed E-state index contributed by atoms with van der Waals surface area (Å²) in [4.78, 5) is 21.1. The second-order valence-electron chi connectivity index (χ2n) is 10.5. The minimum absolute atomic E-state index is 0.0879. The molecule has 0 unspecified atom stereocenters. The molecule has 0 spiro atoms. The van der Waals surface area contributed by atoms with Crippen molar-refractivity contribution in [3.05, 3.63) is 58.8 Å². The molecule has 3 aromatic heterocycles. The van der Waals surface area contributed by atoms with Crippen LogP contribution < -0.4 is 15.0 Å². The molecule has 1 aliphatic carbocycles. The Morgan fingerprint density at radius 3 is 2.37 bits per heavy atom. The molecule has 1 aliphatic heterocycles. The number of morpholine rings is 1. The maximum Gasteiger partial charge on any atom is 0.259 e. The van der Waals surface area contributed by atoms with Crippen LogP contribution >= 0.6 is 0 Å². The highest BCUT2D eigenvalue weighted by Gasteiger charge is 2.28. The van der Waals surface area contributed by atoms with Crippen LogP contribution in [0.25, 0.3) is 33.3 Å². The van der Waals surface area contributed by atoms with E-state index in [0.29, 0.717) is 16.6 Å². The first-order valence-electron chi connectivity index (χ1n) is 14.0. The first-order valence-corrected chi connectivity index (χ1v) is 14.0. The highest BCUT2D eigenvalue weighted by Crippen LogP contribution is 2.39. The second-order valence-corrected chi connectivity index (χ2v) is 10.5. The lowest BCUT2D eigenvalue weighted by atomic mass is 10.0. The van der Waals surface area contributed by atoms with Crippen LogP contribution in [0, 0.1) is 11.6 Å². The summed E-state index contributed by atoms with van der Waals surface area (Å²) in [5, 5.41) is 5.13. The Balaban J connectivity index is 1.43. The average Bonchev–Trinajstić information content (AvgIpc) is 3.70. The molecule has 0 bridgehead atoms. The van der Waals surface area contributed by atoms with Gasteiger partial charge in [0.2, 0.25) is 0 Å². The average molecular weight is 566 g/mol. The minimum Gasteiger partial charge on any atom is -0.494 e. The Morgan fingerprint density at radius 1 is 0.976 bits per heavy atom. The number of hydrogen-bond donors (Lipinski definition) is 0. The molecule has 11 heteroatoms. The van der Waals surface area contributed by atoms with Crippen LogP contribution in [-0.4, -0.2) is 71.3 Å². The summed E-state index contributed by atoms with van der Waals surface area (Å²) in [5.41, 5.74) is 1.16. The van der Waals surface area contributed by atoms with Gasteiger partial charge in [-0.1, -0.05) is 12.8 Å². The van der Waals surface area contributed by atoms with Crippen LogP contribution in [0.5, 0.6) is 11.5 Å². The molecule has 2 aliphatic rings. The predicted octanol–water partition coefficient (Wildman–Crippen LogP) is 4.67. The third-order valence-corrected chi connectivity index (χ3v) is 8.13. The Kier molecular flexibility index (Phi) is 7.72. The lowest BCUT2D eigenvalue weighted by Crippen LogP contribution is -2.38. The fourth-order valence-corrected chi connectivity index (χ4v) is 5.90. The van der Waals surface area contributed by atoms with Crippen molar-refractivity contribution in [2.45, 2.75) is 38.3 Å². The molecule has 0 N–H and O–H groups in total. The van der Waals surface area contributed by atoms with Crippen LogP contribution in [0.1, 0.15) is 31.7 Å². The first-order chi connectivity index (χ1) is 20.0. The van der Waals surface area contributed by atoms with Gasteiger partial charge in [0.05, 0.1) is 62.5 Å². The van der Waals surface area contributed by atoms with Gasteiger partial charge in [-0.2, -0.15) is 5.10 Å². The van der Waals surface area contributed by atoms with E-state index >= 15 is 8.78 Å². The van der Waals surface area contributed by atoms with E-state index in [0.717, 1.165) is 76.7 Å². The Bertz CT molecular complexity index is 1600. The molecule has 216 valence electrons. The Labute approximate surface area is 236 Å². The van der Waals surface area contributed by atoms with Gasteiger partial charge >= 0.3 is 0 Å². The van der Waals surface area contributed by atoms with Crippen molar-refractivity contribution in [2.75, 3.05) is 47.1 Å². The van der Waals surface area contributed by atoms with E-state index in [4.69, 9.17) is 14.2 Å². The summed E-state index contributed by atoms with van der Waals surface area (Å²) < 4.78 is 50.2. The van der Waals surface area contributed by atoms with Crippen molar-refractivity contribution in [3.63, 3.8) is 0 Å². The van der Waals surface area contributed by atoms with Crippen LogP contribution in [0.4, 0.5) is 8.78 Å². The third kappa shape index (κ3) is 5.19. The summed E-state index contributed by atoms with van der Waals surface area (Å²) in [6, 6.07) is 4.43. The number of halogens is 2. The molecule has 4 heterocycles. The van der Waals surface area contributed by atoms with Crippen molar-refractivity contribution < 1.29 is 23.0 Å². The molecule has 2 fully saturated rings. The van der Waals surface area contributed by atoms with E-state index < -0.39 is 22.8 Å². The fraction of sp³-hybridized carbons (Fsp3) is 0.433. The van der Waals surface area contributed by atoms with Crippen molar-refractivity contribution in [3.8, 4) is 33.9 Å². The van der Waals surface area contributed by atoms with Crippen molar-refractivity contribution in [1.82, 2.24) is 24.2 Å². The fourth-order valence-electron chi connectivity index (χ4n) is 5.90. The van der Waals surface area contributed by atoms with Crippen LogP contribution in [0.2, 0.25) is 0 Å². The zero-order valence-corrected chi connectivity index (χ0v) is 23.2. The molecule has 1 saturated carbocycles. The second kappa shape index (κ2) is 11.6. The predicted molar refractivity (Wildman–Crippen MR) is 150 cm³/mol. The number of fused-ring (bicyclic) bond motifs is 1. The normalized spacial score (nSPS) is 16.5. The maximum absolute atomic E-state index is 15.5. The number of nitrogens with zero attached hydrogens (tertiary/aromatic N) is 5. The smallest absolute Gasteiger partial charge is 0.259 e. The molecule has 1 saturated heterocycles. The molecule has 9 nitrogen and oxygen atoms in total. The van der Waals surface area contributed by atoms with Gasteiger partial charge in [-0.25, -0.2) is 8.78 Å². The molecule has 0 amide bonds. The number of pyridine rings is 2. The van der Waals surface area contributed by atoms with Crippen LogP contribution in [0.15, 0.2) is 41.6 Å². The highest BCUT2D eigenvalue weighted by atomic mass is 19.1. The summed E-state index contributed by atoms with van der Waals surface area (Å²) in [7, 11) is 2.57. The van der Waals surface area contributed by atoms with E-state index in [9.17, 15) is 4.79 Å². The lowest BCUT2D eigenvalue weighted by Gasteiger charge is -2.26. The van der Waals surface area contributed by atoms with Crippen molar-refractivity contribution in [1.29, 1.82) is 0 Å². The standard InChI is InChI=1S/C30H33F2N5O4/c1-39-25-15-26(40-2)29(32)27(28(25)31)22-13-19-16-33-23(14-24(19)37(30(22)38)21-5-3-4-6-21)20-17-34-36(18-20)8-7-35-9-11-41-12-10-35/h13-18,21H,3-12H2,1-2H3. The van der Waals surface area contributed by atoms with Gasteiger partial charge in [0.1, 0.15) is 0 Å². The van der Waals surface area contributed by atoms with Gasteiger partial charge in [-0.05, 0) is 25.0 Å². The van der Waals surface area contributed by atoms with Gasteiger partial charge < -0.3 is 18.8 Å². The third-order valence-electron chi connectivity index (χ3n) is 8.13. The molecular weight excluding hydrogens is 532 g/mol. The lowest BCUT2D eigenvalue weighted by molar-refractivity contribution is 0.0360. The van der Waals surface area contributed by atoms with E-state index in [1.54, 1.807) is 17.0 Å². The molecule has 1 aromatic carbocycles. The summed E-state index contributed by atoms with van der Waals surface area (Å²) in [6.45, 7) is 4.95. The maximum atomic E-state index is 15.5. The zero-order valence-electron chi connectivity index (χ0n) is 23.2. The topological polar surface area (TPSA) is 83.6 Å². The van der Waals surface area contributed by atoms with Crippen molar-refractivity contribution >= 4 is 10.9 Å². The largest absolute Gasteiger partial charge is 0.494 e. The molecule has 41 heavy (non-hydrogen) atoms. The molecule has 0 atom stereocenters. The van der Waals surface area contributed by atoms with Gasteiger partial charge in [-0.3, -0.25) is 19.4 Å². The number of benzene rings is 1. The molecule has 6 rings (SSSR count). The molecule has 0 radical (unpaired) electrons. The molecule has 4 aromatic rings. The van der Waals surface area contributed by atoms with E-state index in [1.807, 2.05) is 16.9 Å². The number of aromatic nitrogens is 4. The Morgan fingerprint density at radius 2 is 1.68 bits per heavy atom. The number of methoxy groups -OCH3 is 2. The summed E-state index contributed by atoms with van der Waals surface area (Å²) in [5.74, 6) is -2.31. The molecular formula is C30H33F2N5O4. The van der Waals surface area contributed by atoms with E-state index in [1.165, 1.54) is 20.3 Å².